The minimum atomic E-state index is -0.369. The fourth-order valence-corrected chi connectivity index (χ4v) is 3.55. The van der Waals surface area contributed by atoms with Crippen LogP contribution in [0.1, 0.15) is 39.2 Å². The highest BCUT2D eigenvalue weighted by atomic mass is 19.1. The summed E-state index contributed by atoms with van der Waals surface area (Å²) < 4.78 is 18.9. The number of hydrogen-bond donors (Lipinski definition) is 0. The van der Waals surface area contributed by atoms with Crippen molar-refractivity contribution in [1.29, 1.82) is 0 Å². The molecule has 6 heteroatoms. The number of benzene rings is 1. The largest absolute Gasteiger partial charge is 0.377 e. The van der Waals surface area contributed by atoms with E-state index in [9.17, 15) is 14.0 Å². The Morgan fingerprint density at radius 1 is 1.11 bits per heavy atom. The second kappa shape index (κ2) is 8.21. The number of likely N-dealkylation sites (tertiary alicyclic amines) is 1. The summed E-state index contributed by atoms with van der Waals surface area (Å²) in [5.74, 6) is -0.362. The molecule has 0 N–H and O–H groups in total. The van der Waals surface area contributed by atoms with Crippen LogP contribution in [0.15, 0.2) is 30.0 Å². The van der Waals surface area contributed by atoms with Gasteiger partial charge in [0.1, 0.15) is 11.5 Å². The van der Waals surface area contributed by atoms with Crippen LogP contribution in [0.25, 0.3) is 5.57 Å². The first-order valence-corrected chi connectivity index (χ1v) is 9.61. The Labute approximate surface area is 159 Å². The van der Waals surface area contributed by atoms with Gasteiger partial charge in [-0.05, 0) is 50.3 Å². The Hall–Kier alpha value is -2.21. The number of carbonyl (C=O) groups excluding carboxylic acids is 2. The first-order valence-electron chi connectivity index (χ1n) is 9.61. The van der Waals surface area contributed by atoms with Gasteiger partial charge in [0, 0.05) is 13.1 Å². The predicted molar refractivity (Wildman–Crippen MR) is 101 cm³/mol. The van der Waals surface area contributed by atoms with Gasteiger partial charge in [-0.25, -0.2) is 4.39 Å². The lowest BCUT2D eigenvalue weighted by Gasteiger charge is -2.32. The summed E-state index contributed by atoms with van der Waals surface area (Å²) in [7, 11) is 0. The smallest absolute Gasteiger partial charge is 0.277 e. The van der Waals surface area contributed by atoms with Gasteiger partial charge in [-0.1, -0.05) is 19.1 Å². The van der Waals surface area contributed by atoms with Gasteiger partial charge in [0.25, 0.3) is 11.8 Å². The summed E-state index contributed by atoms with van der Waals surface area (Å²) in [5.41, 5.74) is 1.40. The summed E-state index contributed by atoms with van der Waals surface area (Å²) >= 11 is 0. The second-order valence-electron chi connectivity index (χ2n) is 7.58. The normalized spacial score (nSPS) is 19.0. The molecule has 0 aliphatic carbocycles. The molecule has 1 aromatic carbocycles. The molecule has 0 aromatic heterocycles. The zero-order valence-electron chi connectivity index (χ0n) is 16.2. The van der Waals surface area contributed by atoms with Crippen molar-refractivity contribution >= 4 is 17.4 Å². The molecule has 0 saturated carbocycles. The fourth-order valence-electron chi connectivity index (χ4n) is 3.55. The van der Waals surface area contributed by atoms with Crippen molar-refractivity contribution in [1.82, 2.24) is 9.80 Å². The average molecular weight is 374 g/mol. The molecule has 2 aliphatic rings. The minimum absolute atomic E-state index is 0.0328. The van der Waals surface area contributed by atoms with E-state index in [1.54, 1.807) is 12.1 Å². The maximum absolute atomic E-state index is 13.4. The molecule has 2 aliphatic heterocycles. The van der Waals surface area contributed by atoms with Gasteiger partial charge < -0.3 is 9.64 Å². The Kier molecular flexibility index (Phi) is 5.95. The van der Waals surface area contributed by atoms with E-state index < -0.39 is 0 Å². The Morgan fingerprint density at radius 3 is 2.33 bits per heavy atom. The number of rotatable bonds is 6. The lowest BCUT2D eigenvalue weighted by Crippen LogP contribution is -2.39. The molecule has 1 saturated heterocycles. The Bertz CT molecular complexity index is 734. The molecule has 146 valence electrons. The van der Waals surface area contributed by atoms with Gasteiger partial charge >= 0.3 is 0 Å². The molecule has 27 heavy (non-hydrogen) atoms. The topological polar surface area (TPSA) is 49.9 Å². The Morgan fingerprint density at radius 2 is 1.74 bits per heavy atom. The van der Waals surface area contributed by atoms with Crippen molar-refractivity contribution in [2.45, 2.75) is 39.7 Å². The van der Waals surface area contributed by atoms with E-state index in [4.69, 9.17) is 4.74 Å². The first kappa shape index (κ1) is 19.5. The van der Waals surface area contributed by atoms with Crippen molar-refractivity contribution in [3.8, 4) is 0 Å². The monoisotopic (exact) mass is 374 g/mol. The number of carbonyl (C=O) groups is 2. The predicted octanol–water partition coefficient (Wildman–Crippen LogP) is 3.06. The SMILES string of the molecule is CC1CCN(C2=C(c3ccc(F)cc3)C(=O)N(CCOC(C)C)C2=O)CC1. The van der Waals surface area contributed by atoms with Gasteiger partial charge in [-0.15, -0.1) is 0 Å². The summed E-state index contributed by atoms with van der Waals surface area (Å²) in [5, 5.41) is 0. The molecule has 0 atom stereocenters. The van der Waals surface area contributed by atoms with Crippen molar-refractivity contribution in [3.05, 3.63) is 41.3 Å². The molecule has 1 aromatic rings. The quantitative estimate of drug-likeness (QED) is 0.718. The van der Waals surface area contributed by atoms with E-state index in [1.807, 2.05) is 18.7 Å². The van der Waals surface area contributed by atoms with Gasteiger partial charge in [-0.3, -0.25) is 14.5 Å². The zero-order valence-corrected chi connectivity index (χ0v) is 16.2. The maximum Gasteiger partial charge on any atom is 0.277 e. The third-order valence-electron chi connectivity index (χ3n) is 5.14. The number of amides is 2. The van der Waals surface area contributed by atoms with Crippen LogP contribution in [0.2, 0.25) is 0 Å². The van der Waals surface area contributed by atoms with E-state index in [0.29, 0.717) is 29.4 Å². The molecule has 0 bridgehead atoms. The van der Waals surface area contributed by atoms with E-state index in [1.165, 1.54) is 17.0 Å². The van der Waals surface area contributed by atoms with Crippen LogP contribution in [0.5, 0.6) is 0 Å². The van der Waals surface area contributed by atoms with Crippen molar-refractivity contribution in [2.24, 2.45) is 5.92 Å². The molecular weight excluding hydrogens is 347 g/mol. The highest BCUT2D eigenvalue weighted by Gasteiger charge is 2.41. The lowest BCUT2D eigenvalue weighted by molar-refractivity contribution is -0.138. The van der Waals surface area contributed by atoms with Crippen LogP contribution in [-0.4, -0.2) is 54.0 Å². The van der Waals surface area contributed by atoms with Crippen LogP contribution < -0.4 is 0 Å². The molecule has 0 spiro atoms. The average Bonchev–Trinajstić information content (AvgIpc) is 2.87. The third kappa shape index (κ3) is 4.21. The summed E-state index contributed by atoms with van der Waals surface area (Å²) in [4.78, 5) is 29.4. The molecular formula is C21H27FN2O3. The number of halogens is 1. The zero-order chi connectivity index (χ0) is 19.6. The minimum Gasteiger partial charge on any atom is -0.377 e. The first-order chi connectivity index (χ1) is 12.9. The fraction of sp³-hybridized carbons (Fsp3) is 0.524. The summed E-state index contributed by atoms with van der Waals surface area (Å²) in [6.07, 6.45) is 2.00. The molecule has 2 amide bonds. The van der Waals surface area contributed by atoms with Gasteiger partial charge in [-0.2, -0.15) is 0 Å². The van der Waals surface area contributed by atoms with E-state index in [0.717, 1.165) is 25.9 Å². The van der Waals surface area contributed by atoms with Crippen LogP contribution >= 0.6 is 0 Å². The van der Waals surface area contributed by atoms with Crippen LogP contribution in [0.4, 0.5) is 4.39 Å². The molecule has 5 nitrogen and oxygen atoms in total. The molecule has 1 fully saturated rings. The standard InChI is InChI=1S/C21H27FN2O3/c1-14(2)27-13-12-24-20(25)18(16-4-6-17(22)7-5-16)19(21(24)26)23-10-8-15(3)9-11-23/h4-7,14-15H,8-13H2,1-3H3. The van der Waals surface area contributed by atoms with Crippen LogP contribution in [0, 0.1) is 11.7 Å². The third-order valence-corrected chi connectivity index (χ3v) is 5.14. The number of ether oxygens (including phenoxy) is 1. The van der Waals surface area contributed by atoms with E-state index in [-0.39, 0.29) is 30.3 Å². The van der Waals surface area contributed by atoms with E-state index >= 15 is 0 Å². The Balaban J connectivity index is 1.92. The van der Waals surface area contributed by atoms with Crippen molar-refractivity contribution < 1.29 is 18.7 Å². The van der Waals surface area contributed by atoms with Crippen molar-refractivity contribution in [2.75, 3.05) is 26.2 Å². The number of nitrogens with zero attached hydrogens (tertiary/aromatic N) is 2. The highest BCUT2D eigenvalue weighted by molar-refractivity contribution is 6.35. The molecule has 3 rings (SSSR count). The van der Waals surface area contributed by atoms with E-state index in [2.05, 4.69) is 6.92 Å². The highest BCUT2D eigenvalue weighted by Crippen LogP contribution is 2.33. The number of imide groups is 1. The van der Waals surface area contributed by atoms with Crippen molar-refractivity contribution in [3.63, 3.8) is 0 Å². The number of piperidine rings is 1. The summed E-state index contributed by atoms with van der Waals surface area (Å²) in [6.45, 7) is 8.04. The summed E-state index contributed by atoms with van der Waals surface area (Å²) in [6, 6.07) is 5.77. The van der Waals surface area contributed by atoms with Crippen LogP contribution in [0.3, 0.4) is 0 Å². The second-order valence-corrected chi connectivity index (χ2v) is 7.58. The van der Waals surface area contributed by atoms with Crippen LogP contribution in [-0.2, 0) is 14.3 Å². The maximum atomic E-state index is 13.4. The van der Waals surface area contributed by atoms with Gasteiger partial charge in [0.2, 0.25) is 0 Å². The molecule has 2 heterocycles. The van der Waals surface area contributed by atoms with Gasteiger partial charge in [0.05, 0.1) is 24.8 Å². The lowest BCUT2D eigenvalue weighted by atomic mass is 9.97. The van der Waals surface area contributed by atoms with Gasteiger partial charge in [0.15, 0.2) is 0 Å². The number of hydrogen-bond acceptors (Lipinski definition) is 4. The molecule has 0 radical (unpaired) electrons. The molecule has 0 unspecified atom stereocenters.